The van der Waals surface area contributed by atoms with Gasteiger partial charge in [-0.15, -0.1) is 0 Å². The van der Waals surface area contributed by atoms with Gasteiger partial charge in [0.25, 0.3) is 0 Å². The van der Waals surface area contributed by atoms with Gasteiger partial charge in [0, 0.05) is 12.8 Å². The van der Waals surface area contributed by atoms with E-state index in [1.807, 2.05) is 0 Å². The summed E-state index contributed by atoms with van der Waals surface area (Å²) in [6.07, 6.45) is 40.4. The summed E-state index contributed by atoms with van der Waals surface area (Å²) in [5.41, 5.74) is 0. The minimum absolute atomic E-state index is 0. The maximum atomic E-state index is 10.3. The van der Waals surface area contributed by atoms with Crippen molar-refractivity contribution in [1.82, 2.24) is 0 Å². The monoisotopic (exact) mass is 671 g/mol. The Bertz CT molecular complexity index is 570. The molecule has 0 aromatic rings. The molecule has 0 fully saturated rings. The second kappa shape index (κ2) is 48.5. The van der Waals surface area contributed by atoms with Gasteiger partial charge in [-0.05, 0) is 12.8 Å². The van der Waals surface area contributed by atoms with E-state index in [1.165, 1.54) is 167 Å². The van der Waals surface area contributed by atoms with Crippen molar-refractivity contribution in [2.75, 3.05) is 6.61 Å². The van der Waals surface area contributed by atoms with E-state index in [-0.39, 0.29) is 25.9 Å². The fraction of sp³-hybridized carbons (Fsp3) is 0.921. The van der Waals surface area contributed by atoms with Crippen molar-refractivity contribution in [3.8, 4) is 0 Å². The molecule has 0 saturated carbocycles. The summed E-state index contributed by atoms with van der Waals surface area (Å²) in [5.74, 6) is -2.50. The first-order chi connectivity index (χ1) is 21.8. The van der Waals surface area contributed by atoms with Gasteiger partial charge in [-0.2, -0.15) is 0 Å². The normalized spacial score (nSPS) is 10.2. The second-order valence-corrected chi connectivity index (χ2v) is 12.7. The van der Waals surface area contributed by atoms with Crippen LogP contribution in [0.3, 0.4) is 0 Å². The van der Waals surface area contributed by atoms with Gasteiger partial charge in [0.05, 0.1) is 0 Å². The van der Waals surface area contributed by atoms with Gasteiger partial charge in [-0.1, -0.05) is 194 Å². The predicted molar refractivity (Wildman–Crippen MR) is 197 cm³/mol. The number of hydrogen-bond donors (Lipinski definition) is 4. The summed E-state index contributed by atoms with van der Waals surface area (Å²) in [5, 5.41) is 32.1. The standard InChI is InChI=1S/2C18H36O2.C2H4O3.Mg.2H/c2*1-2-3-4-5-6-7-8-9-10-11-12-13-14-15-16-17-18(19)20;3-1-2(4)5;;;/h2*2-17H2,1H3,(H,19,20);3H,1H2,(H,4,5);;;/q;;;+2;2*-1. The largest absolute Gasteiger partial charge is 2.00 e. The van der Waals surface area contributed by atoms with Crippen LogP contribution in [-0.2, 0) is 14.4 Å². The molecule has 274 valence electrons. The van der Waals surface area contributed by atoms with Crippen LogP contribution in [0.2, 0.25) is 0 Å². The van der Waals surface area contributed by atoms with E-state index < -0.39 is 24.5 Å². The topological polar surface area (TPSA) is 132 Å². The molecular weight excluding hydrogens is 593 g/mol. The van der Waals surface area contributed by atoms with E-state index in [4.69, 9.17) is 25.2 Å². The van der Waals surface area contributed by atoms with Crippen molar-refractivity contribution in [3.05, 3.63) is 0 Å². The Kier molecular flexibility index (Phi) is 54.8. The Morgan fingerprint density at radius 1 is 0.348 bits per heavy atom. The van der Waals surface area contributed by atoms with Crippen molar-refractivity contribution < 1.29 is 37.7 Å². The predicted octanol–water partition coefficient (Wildman–Crippen LogP) is 11.6. The minimum Gasteiger partial charge on any atom is -1.00 e. The third-order valence-corrected chi connectivity index (χ3v) is 8.12. The third-order valence-electron chi connectivity index (χ3n) is 8.12. The fourth-order valence-corrected chi connectivity index (χ4v) is 5.30. The Labute approximate surface area is 303 Å². The van der Waals surface area contributed by atoms with Crippen LogP contribution in [-0.4, -0.2) is 68.0 Å². The number of unbranched alkanes of at least 4 members (excludes halogenated alkanes) is 28. The summed E-state index contributed by atoms with van der Waals surface area (Å²) >= 11 is 0. The minimum atomic E-state index is -1.19. The summed E-state index contributed by atoms with van der Waals surface area (Å²) in [4.78, 5) is 29.8. The molecule has 0 radical (unpaired) electrons. The van der Waals surface area contributed by atoms with Gasteiger partial charge in [0.2, 0.25) is 0 Å². The molecule has 7 nitrogen and oxygen atoms in total. The molecule has 0 atom stereocenters. The first-order valence-corrected chi connectivity index (χ1v) is 19.1. The van der Waals surface area contributed by atoms with Crippen LogP contribution in [0.25, 0.3) is 0 Å². The molecular formula is C38H78MgO7. The average Bonchev–Trinajstić information content (AvgIpc) is 3.01. The van der Waals surface area contributed by atoms with E-state index in [2.05, 4.69) is 13.8 Å². The van der Waals surface area contributed by atoms with Crippen LogP contribution in [0.4, 0.5) is 0 Å². The van der Waals surface area contributed by atoms with Gasteiger partial charge in [-0.3, -0.25) is 9.59 Å². The molecule has 0 aromatic carbocycles. The first kappa shape index (κ1) is 52.0. The smallest absolute Gasteiger partial charge is 1.00 e. The molecule has 0 bridgehead atoms. The Balaban J connectivity index is -0.000000152. The number of aliphatic carboxylic acids is 3. The number of carboxylic acids is 3. The van der Waals surface area contributed by atoms with Gasteiger partial charge < -0.3 is 23.3 Å². The summed E-state index contributed by atoms with van der Waals surface area (Å²) in [6, 6.07) is 0. The molecule has 8 heteroatoms. The van der Waals surface area contributed by atoms with Crippen molar-refractivity contribution in [1.29, 1.82) is 0 Å². The zero-order valence-corrected chi connectivity index (χ0v) is 32.0. The van der Waals surface area contributed by atoms with Crippen LogP contribution in [0, 0.1) is 0 Å². The Morgan fingerprint density at radius 2 is 0.500 bits per heavy atom. The number of rotatable bonds is 33. The van der Waals surface area contributed by atoms with Gasteiger partial charge in [0.15, 0.2) is 0 Å². The molecule has 0 rings (SSSR count). The molecule has 0 heterocycles. The van der Waals surface area contributed by atoms with E-state index in [1.54, 1.807) is 0 Å². The summed E-state index contributed by atoms with van der Waals surface area (Å²) < 4.78 is 0. The molecule has 0 aliphatic rings. The van der Waals surface area contributed by atoms with Crippen LogP contribution in [0.5, 0.6) is 0 Å². The van der Waals surface area contributed by atoms with E-state index in [9.17, 15) is 9.59 Å². The molecule has 0 saturated heterocycles. The molecule has 0 amide bonds. The number of aliphatic hydroxyl groups is 1. The maximum Gasteiger partial charge on any atom is 2.00 e. The molecule has 0 aliphatic heterocycles. The zero-order valence-electron chi connectivity index (χ0n) is 32.6. The Morgan fingerprint density at radius 3 is 0.630 bits per heavy atom. The van der Waals surface area contributed by atoms with Gasteiger partial charge >= 0.3 is 41.0 Å². The first-order valence-electron chi connectivity index (χ1n) is 19.1. The SMILES string of the molecule is CCCCCCCCCCCCCCCCCC(=O)O.CCCCCCCCCCCCCCCCCC(=O)O.O=C(O)CO.[H-].[H-].[Mg+2]. The number of aliphatic hydroxyl groups excluding tert-OH is 1. The molecule has 0 unspecified atom stereocenters. The molecule has 0 spiro atoms. The quantitative estimate of drug-likeness (QED) is 0.0403. The summed E-state index contributed by atoms with van der Waals surface area (Å²) in [6.45, 7) is 3.76. The van der Waals surface area contributed by atoms with Crippen LogP contribution in [0.15, 0.2) is 0 Å². The average molecular weight is 671 g/mol. The van der Waals surface area contributed by atoms with Crippen molar-refractivity contribution in [2.45, 2.75) is 219 Å². The number of carboxylic acid groups (broad SMARTS) is 3. The number of carbonyl (C=O) groups is 3. The molecule has 4 N–H and O–H groups in total. The molecule has 0 aromatic heterocycles. The van der Waals surface area contributed by atoms with Crippen molar-refractivity contribution in [3.63, 3.8) is 0 Å². The van der Waals surface area contributed by atoms with E-state index in [0.717, 1.165) is 25.7 Å². The fourth-order valence-electron chi connectivity index (χ4n) is 5.30. The van der Waals surface area contributed by atoms with Crippen LogP contribution in [0.1, 0.15) is 222 Å². The van der Waals surface area contributed by atoms with Crippen molar-refractivity contribution >= 4 is 41.0 Å². The maximum absolute atomic E-state index is 10.3. The van der Waals surface area contributed by atoms with E-state index in [0.29, 0.717) is 12.8 Å². The zero-order chi connectivity index (χ0) is 34.1. The van der Waals surface area contributed by atoms with E-state index >= 15 is 0 Å². The van der Waals surface area contributed by atoms with Gasteiger partial charge in [0.1, 0.15) is 6.61 Å². The van der Waals surface area contributed by atoms with Crippen LogP contribution < -0.4 is 0 Å². The second-order valence-electron chi connectivity index (χ2n) is 12.7. The van der Waals surface area contributed by atoms with Crippen LogP contribution >= 0.6 is 0 Å². The van der Waals surface area contributed by atoms with Gasteiger partial charge in [-0.25, -0.2) is 4.79 Å². The third kappa shape index (κ3) is 62.0. The number of hydrogen-bond acceptors (Lipinski definition) is 4. The Hall–Kier alpha value is -0.864. The molecule has 0 aliphatic carbocycles. The van der Waals surface area contributed by atoms with Crippen molar-refractivity contribution in [2.24, 2.45) is 0 Å². The molecule has 46 heavy (non-hydrogen) atoms. The summed E-state index contributed by atoms with van der Waals surface area (Å²) in [7, 11) is 0.